The van der Waals surface area contributed by atoms with E-state index in [0.29, 0.717) is 5.69 Å². The summed E-state index contributed by atoms with van der Waals surface area (Å²) < 4.78 is 161. The van der Waals surface area contributed by atoms with Crippen molar-refractivity contribution in [1.82, 2.24) is 9.13 Å². The van der Waals surface area contributed by atoms with Crippen molar-refractivity contribution in [2.24, 2.45) is 0 Å². The minimum atomic E-state index is -3.47. The summed E-state index contributed by atoms with van der Waals surface area (Å²) in [6.07, 6.45) is 0. The Morgan fingerprint density at radius 2 is 0.891 bits per heavy atom. The van der Waals surface area contributed by atoms with Crippen LogP contribution in [0.4, 0.5) is 0 Å². The van der Waals surface area contributed by atoms with Gasteiger partial charge in [-0.2, -0.15) is 0 Å². The maximum absolute atomic E-state index is 10.6. The number of benzene rings is 10. The largest absolute Gasteiger partial charge is 0.309 e. The Morgan fingerprint density at radius 3 is 1.53 bits per heavy atom. The SMILES string of the molecule is [2H]c1c([2H])c([2H])c2c(sc3c(-n4c5c([2H])c([2H])c([2H])c([2H])c5c5c([2H])c([2H])c([2H])c([2H])c54)c([2H])c4c5c([2H])c([2H])c([2H])c([2H])c5n(-c5cccc([Si](c6ccccc6)(c6ccccc6)c6cccc(-c7ccccc7)c6)c5)c4c32)c1[2H]. The molecule has 4 heteroatoms. The maximum atomic E-state index is 10.6. The number of aromatic nitrogens is 2. The van der Waals surface area contributed by atoms with E-state index in [0.717, 1.165) is 43.2 Å². The third kappa shape index (κ3) is 5.43. The predicted molar refractivity (Wildman–Crippen MR) is 277 cm³/mol. The fourth-order valence-electron chi connectivity index (χ4n) is 9.62. The molecule has 13 rings (SSSR count). The molecular formula is C60H40N2SSi. The Morgan fingerprint density at radius 1 is 0.406 bits per heavy atom. The van der Waals surface area contributed by atoms with Gasteiger partial charge in [-0.25, -0.2) is 0 Å². The second kappa shape index (κ2) is 14.7. The van der Waals surface area contributed by atoms with Crippen LogP contribution in [0.25, 0.3) is 86.3 Å². The van der Waals surface area contributed by atoms with E-state index in [4.69, 9.17) is 9.60 Å². The van der Waals surface area contributed by atoms with Gasteiger partial charge < -0.3 is 9.13 Å². The molecule has 0 aliphatic heterocycles. The van der Waals surface area contributed by atoms with Crippen molar-refractivity contribution in [3.05, 3.63) is 242 Å². The van der Waals surface area contributed by atoms with Gasteiger partial charge in [0.2, 0.25) is 0 Å². The highest BCUT2D eigenvalue weighted by Crippen LogP contribution is 2.47. The number of nitrogens with zero attached hydrogens (tertiary/aromatic N) is 2. The Hall–Kier alpha value is -7.76. The van der Waals surface area contributed by atoms with Crippen LogP contribution in [0.5, 0.6) is 0 Å². The minimum absolute atomic E-state index is 0.0108. The molecular weight excluding hydrogens is 809 g/mol. The van der Waals surface area contributed by atoms with Gasteiger partial charge in [0, 0.05) is 42.7 Å². The fourth-order valence-corrected chi connectivity index (χ4v) is 15.5. The quantitative estimate of drug-likeness (QED) is 0.112. The van der Waals surface area contributed by atoms with Crippen LogP contribution in [0.2, 0.25) is 0 Å². The Bertz CT molecular complexity index is 4790. The van der Waals surface area contributed by atoms with Crippen LogP contribution >= 0.6 is 11.3 Å². The van der Waals surface area contributed by atoms with Gasteiger partial charge in [-0.05, 0) is 74.2 Å². The van der Waals surface area contributed by atoms with Crippen molar-refractivity contribution in [3.63, 3.8) is 0 Å². The first-order valence-corrected chi connectivity index (χ1v) is 23.4. The van der Waals surface area contributed by atoms with Gasteiger partial charge >= 0.3 is 0 Å². The lowest BCUT2D eigenvalue weighted by Gasteiger charge is -2.35. The van der Waals surface area contributed by atoms with Crippen LogP contribution in [0, 0.1) is 0 Å². The van der Waals surface area contributed by atoms with E-state index in [9.17, 15) is 13.7 Å². The fraction of sp³-hybridized carbons (Fsp3) is 0. The summed E-state index contributed by atoms with van der Waals surface area (Å²) in [7, 11) is -3.47. The van der Waals surface area contributed by atoms with Crippen molar-refractivity contribution >= 4 is 104 Å². The molecule has 0 spiro atoms. The molecule has 0 aliphatic carbocycles. The van der Waals surface area contributed by atoms with Crippen molar-refractivity contribution in [2.45, 2.75) is 0 Å². The van der Waals surface area contributed by atoms with Gasteiger partial charge in [-0.1, -0.05) is 200 Å². The van der Waals surface area contributed by atoms with Crippen molar-refractivity contribution in [1.29, 1.82) is 0 Å². The third-order valence-electron chi connectivity index (χ3n) is 12.2. The first-order chi connectivity index (χ1) is 38.8. The Kier molecular flexibility index (Phi) is 5.41. The molecule has 64 heavy (non-hydrogen) atoms. The van der Waals surface area contributed by atoms with E-state index >= 15 is 0 Å². The number of fused-ring (bicyclic) bond motifs is 10. The van der Waals surface area contributed by atoms with E-state index < -0.39 is 111 Å². The van der Waals surface area contributed by atoms with Gasteiger partial charge in [-0.3, -0.25) is 0 Å². The van der Waals surface area contributed by atoms with Crippen LogP contribution in [0.3, 0.4) is 0 Å². The highest BCUT2D eigenvalue weighted by molar-refractivity contribution is 7.26. The molecule has 0 aliphatic rings. The minimum Gasteiger partial charge on any atom is -0.309 e. The molecule has 0 bridgehead atoms. The molecule has 0 saturated carbocycles. The summed E-state index contributed by atoms with van der Waals surface area (Å²) >= 11 is 0.848. The molecule has 0 unspecified atom stereocenters. The lowest BCUT2D eigenvalue weighted by molar-refractivity contribution is 1.18. The van der Waals surface area contributed by atoms with Gasteiger partial charge in [0.05, 0.1) is 55.8 Å². The number of hydrogen-bond acceptors (Lipinski definition) is 1. The second-order valence-electron chi connectivity index (χ2n) is 15.5. The van der Waals surface area contributed by atoms with Crippen molar-refractivity contribution in [3.8, 4) is 22.5 Å². The molecule has 3 aromatic heterocycles. The highest BCUT2D eigenvalue weighted by Gasteiger charge is 2.42. The average molecular weight is 866 g/mol. The van der Waals surface area contributed by atoms with Gasteiger partial charge in [0.15, 0.2) is 8.07 Å². The number of thiophene rings is 1. The molecule has 0 amide bonds. The van der Waals surface area contributed by atoms with Crippen LogP contribution in [0.15, 0.2) is 242 Å². The first kappa shape index (κ1) is 23.6. The molecule has 2 nitrogen and oxygen atoms in total. The molecule has 300 valence electrons. The van der Waals surface area contributed by atoms with E-state index in [1.165, 1.54) is 4.57 Å². The monoisotopic (exact) mass is 865 g/mol. The van der Waals surface area contributed by atoms with E-state index in [1.807, 2.05) is 78.9 Å². The molecule has 10 aromatic carbocycles. The van der Waals surface area contributed by atoms with E-state index in [1.54, 1.807) is 10.6 Å². The summed E-state index contributed by atoms with van der Waals surface area (Å²) in [6.45, 7) is 0. The summed E-state index contributed by atoms with van der Waals surface area (Å²) in [5, 5.41) is 3.10. The van der Waals surface area contributed by atoms with Crippen LogP contribution in [0.1, 0.15) is 23.3 Å². The smallest absolute Gasteiger partial charge is 0.179 e. The van der Waals surface area contributed by atoms with Crippen LogP contribution < -0.4 is 20.7 Å². The summed E-state index contributed by atoms with van der Waals surface area (Å²) in [6, 6.07) is 36.2. The number of rotatable bonds is 7. The Labute approximate surface area is 400 Å². The normalized spacial score (nSPS) is 15.8. The molecule has 0 N–H and O–H groups in total. The average Bonchev–Trinajstić information content (AvgIpc) is 2.61. The molecule has 0 atom stereocenters. The molecule has 0 radical (unpaired) electrons. The van der Waals surface area contributed by atoms with Gasteiger partial charge in [0.25, 0.3) is 0 Å². The van der Waals surface area contributed by atoms with Gasteiger partial charge in [-0.15, -0.1) is 11.3 Å². The van der Waals surface area contributed by atoms with Gasteiger partial charge in [0.1, 0.15) is 0 Å². The standard InChI is InChI=1S/C60H40N2SSi/c1-4-20-41(21-5-1)42-22-18-28-46(38-42)64(44-24-6-2-7-25-44,45-26-8-3-9-27-45)47-29-19-23-43(39-47)61-53-34-14-12-32-50(53)52-40-56(60-58(59(52)61)51-33-13-17-37-57(51)63-60)62-54-35-15-10-30-48(54)49-31-11-16-36-55(49)62/h1-40H/i10D,11D,12D,13D,14D,15D,16D,17D,30D,31D,32D,33D,34D,35D,36D,37D,40D. The topological polar surface area (TPSA) is 9.86 Å². The van der Waals surface area contributed by atoms with Crippen LogP contribution in [-0.4, -0.2) is 17.2 Å². The molecule has 0 fully saturated rings. The Balaban J connectivity index is 1.27. The zero-order valence-corrected chi connectivity index (χ0v) is 35.4. The van der Waals surface area contributed by atoms with Crippen LogP contribution in [-0.2, 0) is 0 Å². The zero-order valence-electron chi connectivity index (χ0n) is 50.6. The van der Waals surface area contributed by atoms with Crippen molar-refractivity contribution in [2.75, 3.05) is 0 Å². The maximum Gasteiger partial charge on any atom is 0.179 e. The molecule has 0 saturated heterocycles. The molecule has 3 heterocycles. The summed E-state index contributed by atoms with van der Waals surface area (Å²) in [5.41, 5.74) is 1.45. The van der Waals surface area contributed by atoms with E-state index in [2.05, 4.69) is 54.6 Å². The first-order valence-electron chi connectivity index (χ1n) is 29.1. The zero-order chi connectivity index (χ0) is 57.0. The molecule has 13 aromatic rings. The lowest BCUT2D eigenvalue weighted by Crippen LogP contribution is -2.74. The predicted octanol–water partition coefficient (Wildman–Crippen LogP) is 13.3. The third-order valence-corrected chi connectivity index (χ3v) is 18.1. The second-order valence-corrected chi connectivity index (χ2v) is 20.4. The highest BCUT2D eigenvalue weighted by atomic mass is 32.1. The summed E-state index contributed by atoms with van der Waals surface area (Å²) in [5.74, 6) is 0. The van der Waals surface area contributed by atoms with E-state index in [-0.39, 0.29) is 69.5 Å². The van der Waals surface area contributed by atoms with Crippen molar-refractivity contribution < 1.29 is 23.3 Å². The summed E-state index contributed by atoms with van der Waals surface area (Å²) in [4.78, 5) is 0. The number of para-hydroxylation sites is 3. The number of hydrogen-bond donors (Lipinski definition) is 0. The lowest BCUT2D eigenvalue weighted by atomic mass is 10.1.